The van der Waals surface area contributed by atoms with E-state index in [0.29, 0.717) is 37.8 Å². The molecule has 1 atom stereocenters. The Morgan fingerprint density at radius 2 is 1.97 bits per heavy atom. The van der Waals surface area contributed by atoms with E-state index in [0.717, 1.165) is 29.0 Å². The van der Waals surface area contributed by atoms with E-state index in [2.05, 4.69) is 26.4 Å². The first kappa shape index (κ1) is 22.0. The molecule has 1 amide bonds. The summed E-state index contributed by atoms with van der Waals surface area (Å²) in [6.07, 6.45) is 4.58. The molecule has 34 heavy (non-hydrogen) atoms. The van der Waals surface area contributed by atoms with Crippen LogP contribution in [0, 0.1) is 19.8 Å². The second kappa shape index (κ2) is 9.61. The zero-order valence-corrected chi connectivity index (χ0v) is 19.4. The molecule has 4 heterocycles. The van der Waals surface area contributed by atoms with E-state index in [4.69, 9.17) is 4.74 Å². The first-order valence-corrected chi connectivity index (χ1v) is 11.5. The molecule has 1 aliphatic rings. The van der Waals surface area contributed by atoms with Gasteiger partial charge in [-0.25, -0.2) is 14.5 Å². The number of rotatable bonds is 5. The van der Waals surface area contributed by atoms with Crippen LogP contribution in [0.1, 0.15) is 27.3 Å². The van der Waals surface area contributed by atoms with Crippen LogP contribution in [0.15, 0.2) is 60.9 Å². The summed E-state index contributed by atoms with van der Waals surface area (Å²) in [5.41, 5.74) is 5.51. The van der Waals surface area contributed by atoms with Crippen LogP contribution in [0.2, 0.25) is 0 Å². The molecular weight excluding hydrogens is 428 g/mol. The van der Waals surface area contributed by atoms with E-state index in [-0.39, 0.29) is 11.8 Å². The minimum Gasteiger partial charge on any atom is -0.379 e. The summed E-state index contributed by atoms with van der Waals surface area (Å²) in [6.45, 7) is 6.25. The van der Waals surface area contributed by atoms with Crippen molar-refractivity contribution in [2.24, 2.45) is 5.92 Å². The lowest BCUT2D eigenvalue weighted by molar-refractivity contribution is 0.0737. The molecule has 0 bridgehead atoms. The number of nitrogens with zero attached hydrogens (tertiary/aromatic N) is 5. The number of aryl methyl sites for hydroxylation is 2. The third kappa shape index (κ3) is 4.92. The first-order valence-electron chi connectivity index (χ1n) is 11.5. The fraction of sp³-hybridized carbons (Fsp3) is 0.308. The average Bonchev–Trinajstić information content (AvgIpc) is 3.18. The molecule has 4 aromatic rings. The molecule has 1 saturated heterocycles. The van der Waals surface area contributed by atoms with E-state index in [1.54, 1.807) is 0 Å². The van der Waals surface area contributed by atoms with Crippen molar-refractivity contribution in [3.05, 3.63) is 83.4 Å². The lowest BCUT2D eigenvalue weighted by Gasteiger charge is -2.24. The molecule has 0 spiro atoms. The number of hydrogen-bond acceptors (Lipinski definition) is 6. The Bertz CT molecular complexity index is 1300. The number of ether oxygens (including phenoxy) is 1. The number of pyridine rings is 1. The fourth-order valence-corrected chi connectivity index (χ4v) is 4.51. The highest BCUT2D eigenvalue weighted by Gasteiger charge is 2.24. The molecule has 0 saturated carbocycles. The van der Waals surface area contributed by atoms with E-state index in [1.807, 2.05) is 78.1 Å². The molecule has 5 rings (SSSR count). The maximum atomic E-state index is 13.4. The van der Waals surface area contributed by atoms with Crippen LogP contribution in [-0.4, -0.2) is 56.7 Å². The van der Waals surface area contributed by atoms with Crippen LogP contribution in [0.3, 0.4) is 0 Å². The van der Waals surface area contributed by atoms with E-state index in [9.17, 15) is 4.79 Å². The van der Waals surface area contributed by atoms with Crippen molar-refractivity contribution < 1.29 is 9.53 Å². The highest BCUT2D eigenvalue weighted by molar-refractivity contribution is 5.95. The zero-order valence-electron chi connectivity index (χ0n) is 19.4. The van der Waals surface area contributed by atoms with Gasteiger partial charge in [-0.3, -0.25) is 4.79 Å². The van der Waals surface area contributed by atoms with Gasteiger partial charge in [0.25, 0.3) is 5.91 Å². The first-order chi connectivity index (χ1) is 16.5. The third-order valence-electron chi connectivity index (χ3n) is 6.01. The number of benzene rings is 1. The highest BCUT2D eigenvalue weighted by atomic mass is 16.5. The smallest absolute Gasteiger partial charge is 0.254 e. The van der Waals surface area contributed by atoms with Crippen molar-refractivity contribution in [3.8, 4) is 0 Å². The number of anilines is 2. The number of amides is 1. The molecule has 1 N–H and O–H groups in total. The van der Waals surface area contributed by atoms with Gasteiger partial charge in [0.05, 0.1) is 18.7 Å². The van der Waals surface area contributed by atoms with Crippen molar-refractivity contribution in [1.82, 2.24) is 24.5 Å². The predicted molar refractivity (Wildman–Crippen MR) is 130 cm³/mol. The number of nitrogens with one attached hydrogen (secondary N) is 1. The predicted octanol–water partition coefficient (Wildman–Crippen LogP) is 3.82. The van der Waals surface area contributed by atoms with E-state index < -0.39 is 0 Å². The summed E-state index contributed by atoms with van der Waals surface area (Å²) in [4.78, 5) is 24.2. The Hall–Kier alpha value is -3.78. The van der Waals surface area contributed by atoms with E-state index in [1.165, 1.54) is 5.56 Å². The Labute approximate surface area is 198 Å². The Kier molecular flexibility index (Phi) is 6.22. The summed E-state index contributed by atoms with van der Waals surface area (Å²) in [5, 5.41) is 7.55. The van der Waals surface area contributed by atoms with Gasteiger partial charge in [0.2, 0.25) is 5.95 Å². The van der Waals surface area contributed by atoms with Gasteiger partial charge in [-0.05, 0) is 62.2 Å². The molecule has 1 aliphatic heterocycles. The van der Waals surface area contributed by atoms with Crippen LogP contribution in [0.25, 0.3) is 5.52 Å². The summed E-state index contributed by atoms with van der Waals surface area (Å²) >= 11 is 0. The molecular formula is C26H28N6O2. The molecule has 1 unspecified atom stereocenters. The van der Waals surface area contributed by atoms with Crippen LogP contribution < -0.4 is 5.32 Å². The molecule has 3 aromatic heterocycles. The quantitative estimate of drug-likeness (QED) is 0.492. The molecule has 0 aliphatic carbocycles. The maximum Gasteiger partial charge on any atom is 0.254 e. The lowest BCUT2D eigenvalue weighted by Crippen LogP contribution is -2.36. The molecule has 1 fully saturated rings. The second-order valence-electron chi connectivity index (χ2n) is 8.77. The van der Waals surface area contributed by atoms with Crippen molar-refractivity contribution in [1.29, 1.82) is 0 Å². The topological polar surface area (TPSA) is 84.7 Å². The van der Waals surface area contributed by atoms with Gasteiger partial charge in [-0.15, -0.1) is 0 Å². The van der Waals surface area contributed by atoms with Gasteiger partial charge in [0.1, 0.15) is 0 Å². The zero-order chi connectivity index (χ0) is 23.5. The van der Waals surface area contributed by atoms with Gasteiger partial charge >= 0.3 is 0 Å². The van der Waals surface area contributed by atoms with Gasteiger partial charge in [0.15, 0.2) is 0 Å². The third-order valence-corrected chi connectivity index (χ3v) is 6.01. The lowest BCUT2D eigenvalue weighted by atomic mass is 9.99. The van der Waals surface area contributed by atoms with Gasteiger partial charge in [-0.1, -0.05) is 12.1 Å². The normalized spacial score (nSPS) is 16.4. The number of aromatic nitrogens is 4. The number of hydrogen-bond donors (Lipinski definition) is 1. The maximum absolute atomic E-state index is 13.4. The van der Waals surface area contributed by atoms with Gasteiger partial charge in [0, 0.05) is 54.0 Å². The van der Waals surface area contributed by atoms with Crippen molar-refractivity contribution >= 4 is 23.1 Å². The molecule has 8 heteroatoms. The van der Waals surface area contributed by atoms with Crippen molar-refractivity contribution in [3.63, 3.8) is 0 Å². The highest BCUT2D eigenvalue weighted by Crippen LogP contribution is 2.21. The monoisotopic (exact) mass is 456 g/mol. The van der Waals surface area contributed by atoms with Crippen LogP contribution in [0.4, 0.5) is 11.6 Å². The molecule has 1 aromatic carbocycles. The van der Waals surface area contributed by atoms with Crippen molar-refractivity contribution in [2.75, 3.05) is 31.6 Å². The number of carbonyl (C=O) groups excluding carboxylic acids is 1. The standard InChI is InChI=1S/C26H28N6O2/c1-18-13-19(2)29-26(28-18)30-23-7-3-5-22(15-23)25(33)31-11-12-34-17-20(16-31)14-21-6-4-10-32-24(21)8-9-27-32/h3-10,13,15,20H,11-12,14,16-17H2,1-2H3,(H,28,29,30). The largest absolute Gasteiger partial charge is 0.379 e. The number of fused-ring (bicyclic) bond motifs is 1. The average molecular weight is 457 g/mol. The van der Waals surface area contributed by atoms with Crippen LogP contribution in [0.5, 0.6) is 0 Å². The Morgan fingerprint density at radius 1 is 1.12 bits per heavy atom. The Balaban J connectivity index is 1.31. The summed E-state index contributed by atoms with van der Waals surface area (Å²) in [6, 6.07) is 15.6. The second-order valence-corrected chi connectivity index (χ2v) is 8.77. The minimum atomic E-state index is 0.00283. The Morgan fingerprint density at radius 3 is 2.82 bits per heavy atom. The SMILES string of the molecule is Cc1cc(C)nc(Nc2cccc(C(=O)N3CCOCC(Cc4cccn5nccc45)C3)c2)n1. The van der Waals surface area contributed by atoms with Gasteiger partial charge < -0.3 is 15.0 Å². The van der Waals surface area contributed by atoms with Gasteiger partial charge in [-0.2, -0.15) is 5.10 Å². The van der Waals surface area contributed by atoms with E-state index >= 15 is 0 Å². The molecule has 0 radical (unpaired) electrons. The molecule has 8 nitrogen and oxygen atoms in total. The fourth-order valence-electron chi connectivity index (χ4n) is 4.51. The van der Waals surface area contributed by atoms with Crippen molar-refractivity contribution in [2.45, 2.75) is 20.3 Å². The minimum absolute atomic E-state index is 0.00283. The summed E-state index contributed by atoms with van der Waals surface area (Å²) in [5.74, 6) is 0.736. The summed E-state index contributed by atoms with van der Waals surface area (Å²) < 4.78 is 7.75. The summed E-state index contributed by atoms with van der Waals surface area (Å²) in [7, 11) is 0. The number of carbonyl (C=O) groups is 1. The van der Waals surface area contributed by atoms with Crippen LogP contribution >= 0.6 is 0 Å². The molecule has 174 valence electrons. The van der Waals surface area contributed by atoms with Crippen LogP contribution in [-0.2, 0) is 11.2 Å².